The predicted octanol–water partition coefficient (Wildman–Crippen LogP) is 2.63. The lowest BCUT2D eigenvalue weighted by Crippen LogP contribution is -2.26. The highest BCUT2D eigenvalue weighted by molar-refractivity contribution is 7.11. The van der Waals surface area contributed by atoms with Gasteiger partial charge >= 0.3 is 0 Å². The summed E-state index contributed by atoms with van der Waals surface area (Å²) in [5.41, 5.74) is 4.40. The third-order valence-electron chi connectivity index (χ3n) is 2.82. The first-order valence-electron chi connectivity index (χ1n) is 6.43. The summed E-state index contributed by atoms with van der Waals surface area (Å²) in [4.78, 5) is 12.7. The maximum atomic E-state index is 11.7. The highest BCUT2D eigenvalue weighted by Crippen LogP contribution is 2.22. The zero-order chi connectivity index (χ0) is 15.1. The molecule has 2 rings (SSSR count). The monoisotopic (exact) mass is 303 g/mol. The van der Waals surface area contributed by atoms with Crippen molar-refractivity contribution in [2.45, 2.75) is 6.92 Å². The summed E-state index contributed by atoms with van der Waals surface area (Å²) in [6, 6.07) is 9.44. The number of hydrazone groups is 1. The smallest absolute Gasteiger partial charge is 0.259 e. The Kier molecular flexibility index (Phi) is 5.34. The number of thiophene rings is 1. The van der Waals surface area contributed by atoms with Gasteiger partial charge in [-0.1, -0.05) is 12.1 Å². The van der Waals surface area contributed by atoms with Crippen LogP contribution in [-0.2, 0) is 4.79 Å². The van der Waals surface area contributed by atoms with Crippen LogP contribution >= 0.6 is 11.3 Å². The van der Waals surface area contributed by atoms with Crippen molar-refractivity contribution in [1.29, 1.82) is 0 Å². The Morgan fingerprint density at radius 1 is 1.38 bits per heavy atom. The largest absolute Gasteiger partial charge is 0.495 e. The molecule has 6 heteroatoms. The number of rotatable bonds is 6. The molecule has 1 aromatic carbocycles. The first kappa shape index (κ1) is 15.1. The second kappa shape index (κ2) is 7.44. The van der Waals surface area contributed by atoms with Crippen LogP contribution in [0.25, 0.3) is 0 Å². The van der Waals surface area contributed by atoms with E-state index in [-0.39, 0.29) is 12.5 Å². The average Bonchev–Trinajstić information content (AvgIpc) is 2.91. The number of ether oxygens (including phenoxy) is 1. The lowest BCUT2D eigenvalue weighted by molar-refractivity contribution is -0.119. The topological polar surface area (TPSA) is 62.7 Å². The number of amides is 1. The summed E-state index contributed by atoms with van der Waals surface area (Å²) >= 11 is 1.58. The van der Waals surface area contributed by atoms with Crippen LogP contribution in [0.5, 0.6) is 5.75 Å². The second-order valence-corrected chi connectivity index (χ2v) is 5.26. The first-order chi connectivity index (χ1) is 10.2. The number of methoxy groups -OCH3 is 1. The van der Waals surface area contributed by atoms with Gasteiger partial charge in [-0.15, -0.1) is 11.3 Å². The van der Waals surface area contributed by atoms with Crippen LogP contribution in [0.2, 0.25) is 0 Å². The van der Waals surface area contributed by atoms with Gasteiger partial charge in [-0.3, -0.25) is 4.79 Å². The highest BCUT2D eigenvalue weighted by Gasteiger charge is 2.04. The normalized spacial score (nSPS) is 10.6. The number of carbonyl (C=O) groups excluding carboxylic acids is 1. The molecule has 0 aliphatic carbocycles. The number of nitrogens with zero attached hydrogens (tertiary/aromatic N) is 1. The van der Waals surface area contributed by atoms with Crippen LogP contribution in [0.1, 0.15) is 10.4 Å². The first-order valence-corrected chi connectivity index (χ1v) is 7.31. The van der Waals surface area contributed by atoms with Crippen molar-refractivity contribution in [3.05, 3.63) is 46.2 Å². The summed E-state index contributed by atoms with van der Waals surface area (Å²) in [5.74, 6) is 0.481. The third kappa shape index (κ3) is 4.32. The number of nitrogens with one attached hydrogen (secondary N) is 2. The number of carbonyl (C=O) groups is 1. The summed E-state index contributed by atoms with van der Waals surface area (Å²) in [5, 5.41) is 8.94. The molecule has 0 unspecified atom stereocenters. The molecule has 1 amide bonds. The van der Waals surface area contributed by atoms with Gasteiger partial charge in [-0.25, -0.2) is 5.43 Å². The average molecular weight is 303 g/mol. The molecule has 0 aliphatic heterocycles. The van der Waals surface area contributed by atoms with Gasteiger partial charge in [0.05, 0.1) is 25.6 Å². The summed E-state index contributed by atoms with van der Waals surface area (Å²) in [6.07, 6.45) is 1.65. The molecule has 0 saturated carbocycles. The molecule has 5 nitrogen and oxygen atoms in total. The van der Waals surface area contributed by atoms with Crippen LogP contribution in [-0.4, -0.2) is 25.8 Å². The van der Waals surface area contributed by atoms with Crippen molar-refractivity contribution < 1.29 is 9.53 Å². The van der Waals surface area contributed by atoms with Gasteiger partial charge in [0.15, 0.2) is 0 Å². The standard InChI is InChI=1S/C15H17N3O2S/c1-11-7-8-21-14(11)9-17-18-15(19)10-16-12-5-3-4-6-13(12)20-2/h3-9,16H,10H2,1-2H3,(H,18,19)/b17-9+. The maximum Gasteiger partial charge on any atom is 0.259 e. The Morgan fingerprint density at radius 2 is 2.19 bits per heavy atom. The molecule has 1 heterocycles. The van der Waals surface area contributed by atoms with Crippen LogP contribution in [0, 0.1) is 6.92 Å². The van der Waals surface area contributed by atoms with Crippen molar-refractivity contribution >= 4 is 29.1 Å². The molecule has 0 atom stereocenters. The van der Waals surface area contributed by atoms with E-state index in [2.05, 4.69) is 15.8 Å². The molecule has 1 aromatic heterocycles. The fourth-order valence-corrected chi connectivity index (χ4v) is 2.47. The van der Waals surface area contributed by atoms with Gasteiger partial charge in [-0.2, -0.15) is 5.10 Å². The van der Waals surface area contributed by atoms with Gasteiger partial charge in [-0.05, 0) is 36.1 Å². The van der Waals surface area contributed by atoms with E-state index in [4.69, 9.17) is 4.74 Å². The molecular formula is C15H17N3O2S. The Hall–Kier alpha value is -2.34. The minimum Gasteiger partial charge on any atom is -0.495 e. The quantitative estimate of drug-likeness (QED) is 0.637. The Balaban J connectivity index is 1.82. The highest BCUT2D eigenvalue weighted by atomic mass is 32.1. The van der Waals surface area contributed by atoms with Gasteiger partial charge in [0.1, 0.15) is 5.75 Å². The summed E-state index contributed by atoms with van der Waals surface area (Å²) < 4.78 is 5.20. The lowest BCUT2D eigenvalue weighted by Gasteiger charge is -2.09. The molecule has 0 bridgehead atoms. The van der Waals surface area contributed by atoms with Gasteiger partial charge in [0.2, 0.25) is 0 Å². The molecule has 0 saturated heterocycles. The minimum absolute atomic E-state index is 0.126. The van der Waals surface area contributed by atoms with E-state index in [1.807, 2.05) is 42.6 Å². The zero-order valence-corrected chi connectivity index (χ0v) is 12.7. The summed E-state index contributed by atoms with van der Waals surface area (Å²) in [7, 11) is 1.59. The zero-order valence-electron chi connectivity index (χ0n) is 11.9. The van der Waals surface area contributed by atoms with E-state index in [9.17, 15) is 4.79 Å². The SMILES string of the molecule is COc1ccccc1NCC(=O)N/N=C/c1sccc1C. The number of para-hydroxylation sites is 2. The van der Waals surface area contributed by atoms with Crippen molar-refractivity contribution in [2.75, 3.05) is 19.0 Å². The number of anilines is 1. The van der Waals surface area contributed by atoms with Gasteiger partial charge < -0.3 is 10.1 Å². The number of aryl methyl sites for hydroxylation is 1. The second-order valence-electron chi connectivity index (χ2n) is 4.31. The lowest BCUT2D eigenvalue weighted by atomic mass is 10.3. The van der Waals surface area contributed by atoms with Crippen molar-refractivity contribution in [2.24, 2.45) is 5.10 Å². The van der Waals surface area contributed by atoms with Crippen molar-refractivity contribution in [3.8, 4) is 5.75 Å². The molecule has 2 N–H and O–H groups in total. The fourth-order valence-electron chi connectivity index (χ4n) is 1.69. The molecule has 110 valence electrons. The van der Waals surface area contributed by atoms with Crippen LogP contribution in [0.15, 0.2) is 40.8 Å². The van der Waals surface area contributed by atoms with Crippen LogP contribution in [0.4, 0.5) is 5.69 Å². The van der Waals surface area contributed by atoms with Crippen molar-refractivity contribution in [3.63, 3.8) is 0 Å². The molecule has 0 fully saturated rings. The number of hydrogen-bond acceptors (Lipinski definition) is 5. The van der Waals surface area contributed by atoms with Crippen molar-refractivity contribution in [1.82, 2.24) is 5.43 Å². The third-order valence-corrected chi connectivity index (χ3v) is 3.77. The maximum absolute atomic E-state index is 11.7. The molecule has 21 heavy (non-hydrogen) atoms. The van der Waals surface area contributed by atoms with Crippen LogP contribution in [0.3, 0.4) is 0 Å². The Labute approximate surface area is 127 Å². The minimum atomic E-state index is -0.216. The van der Waals surface area contributed by atoms with Crippen LogP contribution < -0.4 is 15.5 Å². The van der Waals surface area contributed by atoms with E-state index in [0.29, 0.717) is 5.75 Å². The van der Waals surface area contributed by atoms with Gasteiger partial charge in [0, 0.05) is 4.88 Å². The number of benzene rings is 1. The van der Waals surface area contributed by atoms with E-state index in [1.54, 1.807) is 24.7 Å². The molecule has 0 radical (unpaired) electrons. The van der Waals surface area contributed by atoms with E-state index in [1.165, 1.54) is 0 Å². The molecule has 0 aliphatic rings. The number of hydrogen-bond donors (Lipinski definition) is 2. The summed E-state index contributed by atoms with van der Waals surface area (Å²) in [6.45, 7) is 2.13. The Bertz CT molecular complexity index is 637. The van der Waals surface area contributed by atoms with E-state index in [0.717, 1.165) is 16.1 Å². The fraction of sp³-hybridized carbons (Fsp3) is 0.200. The van der Waals surface area contributed by atoms with E-state index >= 15 is 0 Å². The predicted molar refractivity (Wildman–Crippen MR) is 86.3 cm³/mol. The molecule has 0 spiro atoms. The molecule has 2 aromatic rings. The molecular weight excluding hydrogens is 286 g/mol. The van der Waals surface area contributed by atoms with Gasteiger partial charge in [0.25, 0.3) is 5.91 Å². The Morgan fingerprint density at radius 3 is 2.90 bits per heavy atom. The van der Waals surface area contributed by atoms with E-state index < -0.39 is 0 Å².